The zero-order valence-electron chi connectivity index (χ0n) is 15.2. The van der Waals surface area contributed by atoms with Gasteiger partial charge >= 0.3 is 0 Å². The predicted octanol–water partition coefficient (Wildman–Crippen LogP) is 4.87. The van der Waals surface area contributed by atoms with E-state index in [0.29, 0.717) is 20.9 Å². The van der Waals surface area contributed by atoms with Crippen LogP contribution in [0.5, 0.6) is 0 Å². The molecule has 6 nitrogen and oxygen atoms in total. The number of rotatable bonds is 8. The van der Waals surface area contributed by atoms with Crippen LogP contribution in [0.4, 0.5) is 5.69 Å². The van der Waals surface area contributed by atoms with Crippen molar-refractivity contribution in [2.45, 2.75) is 51.2 Å². The van der Waals surface area contributed by atoms with Crippen LogP contribution >= 0.6 is 35.0 Å². The van der Waals surface area contributed by atoms with Crippen molar-refractivity contribution in [1.82, 2.24) is 5.32 Å². The van der Waals surface area contributed by atoms with Crippen molar-refractivity contribution < 1.29 is 9.59 Å². The van der Waals surface area contributed by atoms with Crippen LogP contribution in [0.1, 0.15) is 46.0 Å². The molecule has 1 aliphatic rings. The van der Waals surface area contributed by atoms with Gasteiger partial charge in [0.15, 0.2) is 5.17 Å². The second-order valence-corrected chi connectivity index (χ2v) is 8.05. The molecular weight excluding hydrogens is 407 g/mol. The Morgan fingerprint density at radius 1 is 1.22 bits per heavy atom. The number of benzene rings is 1. The van der Waals surface area contributed by atoms with Crippen molar-refractivity contribution in [3.05, 3.63) is 28.2 Å². The Kier molecular flexibility index (Phi) is 8.60. The molecule has 1 aromatic rings. The molecule has 27 heavy (non-hydrogen) atoms. The number of hydrogen-bond acceptors (Lipinski definition) is 5. The number of amides is 2. The van der Waals surface area contributed by atoms with Gasteiger partial charge in [0.2, 0.25) is 11.8 Å². The van der Waals surface area contributed by atoms with Gasteiger partial charge in [0, 0.05) is 17.8 Å². The number of nitrogens with one attached hydrogen (secondary N) is 2. The maximum absolute atomic E-state index is 12.2. The standard InChI is InChI=1S/C18H22Cl2N4O2S/c1-3-5-11(6-4-2)23-24-18-22-17(26)15(27-18)10-16(25)21-12-7-8-13(19)14(20)9-12/h7-9,15H,3-6,10H2,1-2H3,(H,21,25)(H,22,24,26). The largest absolute Gasteiger partial charge is 0.326 e. The zero-order valence-corrected chi connectivity index (χ0v) is 17.5. The number of carbonyl (C=O) groups excluding carboxylic acids is 2. The van der Waals surface area contributed by atoms with Crippen molar-refractivity contribution >= 4 is 63.3 Å². The minimum absolute atomic E-state index is 0.0241. The Bertz CT molecular complexity index is 760. The number of thioether (sulfide) groups is 1. The molecule has 9 heteroatoms. The molecule has 1 atom stereocenters. The van der Waals surface area contributed by atoms with Crippen LogP contribution in [0.15, 0.2) is 28.4 Å². The van der Waals surface area contributed by atoms with Crippen LogP contribution in [0.2, 0.25) is 10.0 Å². The summed E-state index contributed by atoms with van der Waals surface area (Å²) in [4.78, 5) is 24.3. The fourth-order valence-corrected chi connectivity index (χ4v) is 3.67. The van der Waals surface area contributed by atoms with E-state index in [-0.39, 0.29) is 18.2 Å². The molecule has 1 unspecified atom stereocenters. The highest BCUT2D eigenvalue weighted by atomic mass is 35.5. The fourth-order valence-electron chi connectivity index (χ4n) is 2.46. The first-order valence-corrected chi connectivity index (χ1v) is 10.4. The summed E-state index contributed by atoms with van der Waals surface area (Å²) in [5.41, 5.74) is 1.54. The number of carbonyl (C=O) groups is 2. The Hall–Kier alpha value is -1.57. The van der Waals surface area contributed by atoms with Gasteiger partial charge in [-0.1, -0.05) is 61.7 Å². The van der Waals surface area contributed by atoms with E-state index in [1.165, 1.54) is 11.8 Å². The van der Waals surface area contributed by atoms with Crippen LogP contribution in [0, 0.1) is 0 Å². The Balaban J connectivity index is 1.94. The number of anilines is 1. The second kappa shape index (κ2) is 10.7. The summed E-state index contributed by atoms with van der Waals surface area (Å²) in [5.74, 6) is -0.533. The van der Waals surface area contributed by atoms with Crippen molar-refractivity contribution in [2.24, 2.45) is 10.2 Å². The molecule has 2 rings (SSSR count). The number of nitrogens with zero attached hydrogens (tertiary/aromatic N) is 2. The van der Waals surface area contributed by atoms with Gasteiger partial charge in [-0.3, -0.25) is 9.59 Å². The van der Waals surface area contributed by atoms with E-state index in [4.69, 9.17) is 23.2 Å². The maximum Gasteiger partial charge on any atom is 0.240 e. The van der Waals surface area contributed by atoms with Gasteiger partial charge in [-0.05, 0) is 31.0 Å². The summed E-state index contributed by atoms with van der Waals surface area (Å²) in [6, 6.07) is 4.82. The van der Waals surface area contributed by atoms with Crippen LogP contribution in [-0.4, -0.2) is 27.9 Å². The van der Waals surface area contributed by atoms with Gasteiger partial charge in [0.05, 0.1) is 10.0 Å². The Morgan fingerprint density at radius 2 is 1.93 bits per heavy atom. The van der Waals surface area contributed by atoms with Crippen LogP contribution in [-0.2, 0) is 9.59 Å². The van der Waals surface area contributed by atoms with E-state index < -0.39 is 5.25 Å². The van der Waals surface area contributed by atoms with Gasteiger partial charge in [-0.15, -0.1) is 5.10 Å². The fraction of sp³-hybridized carbons (Fsp3) is 0.444. The molecule has 0 aliphatic carbocycles. The van der Waals surface area contributed by atoms with Gasteiger partial charge in [0.25, 0.3) is 0 Å². The molecule has 2 amide bonds. The first-order valence-electron chi connectivity index (χ1n) is 8.78. The summed E-state index contributed by atoms with van der Waals surface area (Å²) in [5, 5.41) is 14.4. The monoisotopic (exact) mass is 428 g/mol. The van der Waals surface area contributed by atoms with E-state index >= 15 is 0 Å². The highest BCUT2D eigenvalue weighted by Crippen LogP contribution is 2.26. The van der Waals surface area contributed by atoms with E-state index in [0.717, 1.165) is 31.4 Å². The topological polar surface area (TPSA) is 82.9 Å². The first-order chi connectivity index (χ1) is 12.9. The molecule has 0 bridgehead atoms. The summed E-state index contributed by atoms with van der Waals surface area (Å²) in [6.07, 6.45) is 3.80. The van der Waals surface area contributed by atoms with Gasteiger partial charge in [-0.2, -0.15) is 5.10 Å². The van der Waals surface area contributed by atoms with Gasteiger partial charge in [0.1, 0.15) is 5.25 Å². The third-order valence-corrected chi connectivity index (χ3v) is 5.52. The van der Waals surface area contributed by atoms with E-state index in [1.807, 2.05) is 0 Å². The lowest BCUT2D eigenvalue weighted by Gasteiger charge is -2.08. The van der Waals surface area contributed by atoms with Crippen molar-refractivity contribution in [1.29, 1.82) is 0 Å². The molecular formula is C18H22Cl2N4O2S. The third-order valence-electron chi connectivity index (χ3n) is 3.71. The molecule has 1 heterocycles. The van der Waals surface area contributed by atoms with Crippen molar-refractivity contribution in [3.63, 3.8) is 0 Å². The summed E-state index contributed by atoms with van der Waals surface area (Å²) < 4.78 is 0. The van der Waals surface area contributed by atoms with Gasteiger partial charge in [-0.25, -0.2) is 0 Å². The van der Waals surface area contributed by atoms with E-state index in [2.05, 4.69) is 34.7 Å². The minimum Gasteiger partial charge on any atom is -0.326 e. The minimum atomic E-state index is -0.539. The molecule has 0 radical (unpaired) electrons. The quantitative estimate of drug-likeness (QED) is 0.457. The number of halogens is 2. The van der Waals surface area contributed by atoms with Crippen LogP contribution in [0.25, 0.3) is 0 Å². The molecule has 2 N–H and O–H groups in total. The van der Waals surface area contributed by atoms with Gasteiger partial charge < -0.3 is 10.6 Å². The van der Waals surface area contributed by atoms with Crippen molar-refractivity contribution in [3.8, 4) is 0 Å². The molecule has 1 aromatic carbocycles. The zero-order chi connectivity index (χ0) is 19.8. The van der Waals surface area contributed by atoms with Crippen LogP contribution in [0.3, 0.4) is 0 Å². The lowest BCUT2D eigenvalue weighted by atomic mass is 10.1. The van der Waals surface area contributed by atoms with Crippen LogP contribution < -0.4 is 10.6 Å². The number of amidine groups is 1. The molecule has 146 valence electrons. The normalized spacial score (nSPS) is 17.7. The first kappa shape index (κ1) is 21.7. The van der Waals surface area contributed by atoms with Crippen molar-refractivity contribution in [2.75, 3.05) is 5.32 Å². The highest BCUT2D eigenvalue weighted by molar-refractivity contribution is 8.15. The second-order valence-electron chi connectivity index (χ2n) is 6.05. The molecule has 0 aromatic heterocycles. The predicted molar refractivity (Wildman–Crippen MR) is 114 cm³/mol. The average Bonchev–Trinajstić information content (AvgIpc) is 2.96. The SMILES string of the molecule is CCCC(CCC)=N/N=C1\NC(=O)C(CC(=O)Nc2ccc(Cl)c(Cl)c2)S1. The van der Waals surface area contributed by atoms with E-state index in [1.54, 1.807) is 18.2 Å². The third kappa shape index (κ3) is 6.83. The maximum atomic E-state index is 12.2. The highest BCUT2D eigenvalue weighted by Gasteiger charge is 2.32. The molecule has 0 saturated carbocycles. The average molecular weight is 429 g/mol. The Labute approximate surface area is 173 Å². The smallest absolute Gasteiger partial charge is 0.240 e. The number of hydrogen-bond donors (Lipinski definition) is 2. The summed E-state index contributed by atoms with van der Waals surface area (Å²) >= 11 is 13.0. The lowest BCUT2D eigenvalue weighted by Crippen LogP contribution is -2.28. The summed E-state index contributed by atoms with van der Waals surface area (Å²) in [7, 11) is 0. The Morgan fingerprint density at radius 3 is 2.56 bits per heavy atom. The molecule has 1 saturated heterocycles. The molecule has 1 aliphatic heterocycles. The summed E-state index contributed by atoms with van der Waals surface area (Å²) in [6.45, 7) is 4.18. The molecule has 0 spiro atoms. The molecule has 1 fully saturated rings. The van der Waals surface area contributed by atoms with E-state index in [9.17, 15) is 9.59 Å². The lowest BCUT2D eigenvalue weighted by molar-refractivity contribution is -0.122.